The van der Waals surface area contributed by atoms with E-state index in [0.29, 0.717) is 6.54 Å². The van der Waals surface area contributed by atoms with Crippen molar-refractivity contribution in [2.75, 3.05) is 39.8 Å². The number of nitrogens with zero attached hydrogens (tertiary/aromatic N) is 2. The predicted octanol–water partition coefficient (Wildman–Crippen LogP) is 1.55. The number of hydrogen-bond acceptors (Lipinski definition) is 3. The fourth-order valence-corrected chi connectivity index (χ4v) is 1.92. The van der Waals surface area contributed by atoms with Gasteiger partial charge in [0.1, 0.15) is 0 Å². The molecular weight excluding hydrogens is 226 g/mol. The van der Waals surface area contributed by atoms with Gasteiger partial charge >= 0.3 is 0 Å². The minimum absolute atomic E-state index is 0.212. The number of rotatable bonds is 9. The first-order chi connectivity index (χ1) is 8.36. The van der Waals surface area contributed by atoms with Crippen molar-refractivity contribution in [2.45, 2.75) is 40.5 Å². The summed E-state index contributed by atoms with van der Waals surface area (Å²) in [4.78, 5) is 15.9. The lowest BCUT2D eigenvalue weighted by molar-refractivity contribution is -0.131. The van der Waals surface area contributed by atoms with Crippen molar-refractivity contribution < 1.29 is 4.79 Å². The van der Waals surface area contributed by atoms with Crippen molar-refractivity contribution in [1.29, 1.82) is 0 Å². The quantitative estimate of drug-likeness (QED) is 0.682. The smallest absolute Gasteiger partial charge is 0.236 e. The van der Waals surface area contributed by atoms with Crippen LogP contribution in [0.2, 0.25) is 0 Å². The molecule has 0 heterocycles. The van der Waals surface area contributed by atoms with Gasteiger partial charge in [-0.25, -0.2) is 0 Å². The standard InChI is InChI=1S/C14H31N3O/c1-6-17(7-2)13(18)11-16(5)10-8-9-14(3,4)12-15/h6-12,15H2,1-5H3. The van der Waals surface area contributed by atoms with Gasteiger partial charge in [-0.05, 0) is 52.2 Å². The van der Waals surface area contributed by atoms with Gasteiger partial charge in [0.15, 0.2) is 0 Å². The van der Waals surface area contributed by atoms with Gasteiger partial charge in [0.05, 0.1) is 6.54 Å². The van der Waals surface area contributed by atoms with Crippen LogP contribution in [0.4, 0.5) is 0 Å². The minimum Gasteiger partial charge on any atom is -0.342 e. The van der Waals surface area contributed by atoms with Crippen molar-refractivity contribution in [3.05, 3.63) is 0 Å². The third-order valence-electron chi connectivity index (χ3n) is 3.47. The number of carbonyl (C=O) groups is 1. The molecule has 0 unspecified atom stereocenters. The van der Waals surface area contributed by atoms with Crippen LogP contribution in [0, 0.1) is 5.41 Å². The highest BCUT2D eigenvalue weighted by Crippen LogP contribution is 2.20. The summed E-state index contributed by atoms with van der Waals surface area (Å²) < 4.78 is 0. The second kappa shape index (κ2) is 8.48. The fourth-order valence-electron chi connectivity index (χ4n) is 1.92. The Kier molecular flexibility index (Phi) is 8.20. The second-order valence-electron chi connectivity index (χ2n) is 5.78. The van der Waals surface area contributed by atoms with Gasteiger partial charge < -0.3 is 10.6 Å². The van der Waals surface area contributed by atoms with Crippen LogP contribution in [0.25, 0.3) is 0 Å². The third-order valence-corrected chi connectivity index (χ3v) is 3.47. The number of likely N-dealkylation sites (N-methyl/N-ethyl adjacent to an activating group) is 2. The van der Waals surface area contributed by atoms with E-state index < -0.39 is 0 Å². The number of carbonyl (C=O) groups excluding carboxylic acids is 1. The molecule has 4 heteroatoms. The Balaban J connectivity index is 3.91. The van der Waals surface area contributed by atoms with Crippen LogP contribution in [-0.4, -0.2) is 55.5 Å². The van der Waals surface area contributed by atoms with E-state index in [0.717, 1.165) is 39.0 Å². The van der Waals surface area contributed by atoms with Crippen LogP contribution in [0.5, 0.6) is 0 Å². The van der Waals surface area contributed by atoms with Crippen molar-refractivity contribution in [2.24, 2.45) is 11.1 Å². The molecule has 0 atom stereocenters. The Morgan fingerprint density at radius 2 is 1.78 bits per heavy atom. The first kappa shape index (κ1) is 17.4. The van der Waals surface area contributed by atoms with Gasteiger partial charge in [-0.3, -0.25) is 9.69 Å². The first-order valence-electron chi connectivity index (χ1n) is 7.02. The lowest BCUT2D eigenvalue weighted by atomic mass is 9.88. The molecule has 0 saturated carbocycles. The molecule has 0 aromatic heterocycles. The summed E-state index contributed by atoms with van der Waals surface area (Å²) in [5.41, 5.74) is 5.92. The summed E-state index contributed by atoms with van der Waals surface area (Å²) in [6.45, 7) is 12.2. The van der Waals surface area contributed by atoms with Gasteiger partial charge in [-0.2, -0.15) is 0 Å². The highest BCUT2D eigenvalue weighted by atomic mass is 16.2. The molecule has 2 N–H and O–H groups in total. The van der Waals surface area contributed by atoms with E-state index in [9.17, 15) is 4.79 Å². The zero-order chi connectivity index (χ0) is 14.2. The molecule has 4 nitrogen and oxygen atoms in total. The summed E-state index contributed by atoms with van der Waals surface area (Å²) in [7, 11) is 2.01. The average molecular weight is 257 g/mol. The van der Waals surface area contributed by atoms with Crippen LogP contribution in [0.15, 0.2) is 0 Å². The van der Waals surface area contributed by atoms with Crippen molar-refractivity contribution in [3.63, 3.8) is 0 Å². The predicted molar refractivity (Wildman–Crippen MR) is 77.5 cm³/mol. The normalized spacial score (nSPS) is 11.9. The van der Waals surface area contributed by atoms with Crippen molar-refractivity contribution in [1.82, 2.24) is 9.80 Å². The van der Waals surface area contributed by atoms with Crippen LogP contribution in [0.3, 0.4) is 0 Å². The summed E-state index contributed by atoms with van der Waals surface area (Å²) in [5.74, 6) is 0.223. The average Bonchev–Trinajstić information content (AvgIpc) is 2.30. The number of nitrogens with two attached hydrogens (primary N) is 1. The lowest BCUT2D eigenvalue weighted by Gasteiger charge is -2.25. The Labute approximate surface area is 113 Å². The van der Waals surface area contributed by atoms with Crippen LogP contribution in [-0.2, 0) is 4.79 Å². The molecule has 0 bridgehead atoms. The van der Waals surface area contributed by atoms with Crippen LogP contribution >= 0.6 is 0 Å². The van der Waals surface area contributed by atoms with E-state index in [1.807, 2.05) is 25.8 Å². The molecule has 0 aromatic rings. The van der Waals surface area contributed by atoms with E-state index in [1.165, 1.54) is 0 Å². The van der Waals surface area contributed by atoms with Gasteiger partial charge in [0.25, 0.3) is 0 Å². The fraction of sp³-hybridized carbons (Fsp3) is 0.929. The molecular formula is C14H31N3O. The monoisotopic (exact) mass is 257 g/mol. The molecule has 0 spiro atoms. The summed E-state index contributed by atoms with van der Waals surface area (Å²) in [6.07, 6.45) is 2.19. The SMILES string of the molecule is CCN(CC)C(=O)CN(C)CCCC(C)(C)CN. The Hall–Kier alpha value is -0.610. The largest absolute Gasteiger partial charge is 0.342 e. The van der Waals surface area contributed by atoms with Gasteiger partial charge in [-0.1, -0.05) is 13.8 Å². The highest BCUT2D eigenvalue weighted by molar-refractivity contribution is 5.78. The zero-order valence-electron chi connectivity index (χ0n) is 12.8. The molecule has 0 fully saturated rings. The lowest BCUT2D eigenvalue weighted by Crippen LogP contribution is -2.39. The van der Waals surface area contributed by atoms with Crippen molar-refractivity contribution in [3.8, 4) is 0 Å². The van der Waals surface area contributed by atoms with Crippen molar-refractivity contribution >= 4 is 5.91 Å². The zero-order valence-corrected chi connectivity index (χ0v) is 12.8. The van der Waals surface area contributed by atoms with E-state index >= 15 is 0 Å². The van der Waals surface area contributed by atoms with E-state index in [2.05, 4.69) is 18.7 Å². The van der Waals surface area contributed by atoms with E-state index in [-0.39, 0.29) is 11.3 Å². The first-order valence-corrected chi connectivity index (χ1v) is 7.02. The van der Waals surface area contributed by atoms with Gasteiger partial charge in [0, 0.05) is 13.1 Å². The topological polar surface area (TPSA) is 49.6 Å². The molecule has 18 heavy (non-hydrogen) atoms. The summed E-state index contributed by atoms with van der Waals surface area (Å²) in [5, 5.41) is 0. The molecule has 0 aliphatic heterocycles. The molecule has 1 amide bonds. The van der Waals surface area contributed by atoms with Gasteiger partial charge in [-0.15, -0.1) is 0 Å². The Morgan fingerprint density at radius 1 is 1.22 bits per heavy atom. The highest BCUT2D eigenvalue weighted by Gasteiger charge is 2.16. The van der Waals surface area contributed by atoms with Crippen LogP contribution in [0.1, 0.15) is 40.5 Å². The number of hydrogen-bond donors (Lipinski definition) is 1. The molecule has 108 valence electrons. The van der Waals surface area contributed by atoms with Gasteiger partial charge in [0.2, 0.25) is 5.91 Å². The maximum Gasteiger partial charge on any atom is 0.236 e. The molecule has 0 rings (SSSR count). The molecule has 0 aliphatic carbocycles. The number of amides is 1. The van der Waals surface area contributed by atoms with E-state index in [1.54, 1.807) is 0 Å². The van der Waals surface area contributed by atoms with Crippen LogP contribution < -0.4 is 5.73 Å². The van der Waals surface area contributed by atoms with E-state index in [4.69, 9.17) is 5.73 Å². The maximum atomic E-state index is 11.9. The third kappa shape index (κ3) is 6.97. The maximum absolute atomic E-state index is 11.9. The minimum atomic E-state index is 0.212. The molecule has 0 radical (unpaired) electrons. The second-order valence-corrected chi connectivity index (χ2v) is 5.78. The Morgan fingerprint density at radius 3 is 2.22 bits per heavy atom. The summed E-state index contributed by atoms with van der Waals surface area (Å²) >= 11 is 0. The molecule has 0 aliphatic rings. The Bertz CT molecular complexity index is 237. The summed E-state index contributed by atoms with van der Waals surface area (Å²) in [6, 6.07) is 0. The molecule has 0 aromatic carbocycles. The molecule has 0 saturated heterocycles.